The molecule has 0 saturated carbocycles. The van der Waals surface area contributed by atoms with Crippen molar-refractivity contribution in [2.45, 2.75) is 33.0 Å². The Labute approximate surface area is 208 Å². The van der Waals surface area contributed by atoms with Gasteiger partial charge in [-0.1, -0.05) is 41.6 Å². The Bertz CT molecular complexity index is 1300. The zero-order valence-corrected chi connectivity index (χ0v) is 20.2. The van der Waals surface area contributed by atoms with Gasteiger partial charge in [0.1, 0.15) is 17.7 Å². The van der Waals surface area contributed by atoms with Gasteiger partial charge in [-0.3, -0.25) is 14.3 Å². The summed E-state index contributed by atoms with van der Waals surface area (Å²) in [6, 6.07) is 11.5. The molecule has 3 aromatic rings. The Kier molecular flexibility index (Phi) is 7.47. The fourth-order valence-corrected chi connectivity index (χ4v) is 4.23. The first kappa shape index (κ1) is 24.4. The maximum Gasteiger partial charge on any atom is 0.276 e. The Balaban J connectivity index is 1.46. The van der Waals surface area contributed by atoms with Crippen molar-refractivity contribution in [3.8, 4) is 11.8 Å². The quantitative estimate of drug-likeness (QED) is 0.555. The number of halogens is 2. The van der Waals surface area contributed by atoms with E-state index in [1.165, 1.54) is 22.7 Å². The summed E-state index contributed by atoms with van der Waals surface area (Å²) in [5, 5.41) is 7.13. The van der Waals surface area contributed by atoms with Crippen molar-refractivity contribution in [3.05, 3.63) is 76.2 Å². The van der Waals surface area contributed by atoms with Crippen molar-refractivity contribution < 1.29 is 14.0 Å². The number of aromatic nitrogens is 3. The van der Waals surface area contributed by atoms with Gasteiger partial charge in [0, 0.05) is 43.3 Å². The van der Waals surface area contributed by atoms with Crippen LogP contribution in [0.15, 0.2) is 48.8 Å². The predicted octanol–water partition coefficient (Wildman–Crippen LogP) is 4.10. The number of piperidine rings is 1. The van der Waals surface area contributed by atoms with Crippen LogP contribution in [-0.2, 0) is 11.3 Å². The van der Waals surface area contributed by atoms with Gasteiger partial charge in [-0.05, 0) is 37.1 Å². The highest BCUT2D eigenvalue weighted by Gasteiger charge is 2.32. The lowest BCUT2D eigenvalue weighted by molar-refractivity contribution is -0.131. The number of anilines is 1. The van der Waals surface area contributed by atoms with Crippen molar-refractivity contribution in [2.75, 3.05) is 18.4 Å². The molecule has 35 heavy (non-hydrogen) atoms. The van der Waals surface area contributed by atoms with Crippen LogP contribution in [0, 0.1) is 24.7 Å². The van der Waals surface area contributed by atoms with Gasteiger partial charge >= 0.3 is 0 Å². The van der Waals surface area contributed by atoms with E-state index in [4.69, 9.17) is 11.6 Å². The molecule has 1 aliphatic rings. The maximum absolute atomic E-state index is 14.7. The molecule has 2 amide bonds. The van der Waals surface area contributed by atoms with E-state index >= 15 is 0 Å². The van der Waals surface area contributed by atoms with Crippen LogP contribution in [0.2, 0.25) is 5.02 Å². The third kappa shape index (κ3) is 5.87. The zero-order chi connectivity index (χ0) is 24.9. The minimum absolute atomic E-state index is 0.0408. The van der Waals surface area contributed by atoms with E-state index in [2.05, 4.69) is 27.2 Å². The molecule has 0 spiro atoms. The lowest BCUT2D eigenvalue weighted by Crippen LogP contribution is -2.45. The van der Waals surface area contributed by atoms with E-state index in [9.17, 15) is 14.0 Å². The van der Waals surface area contributed by atoms with Crippen LogP contribution in [0.4, 0.5) is 10.2 Å². The van der Waals surface area contributed by atoms with Crippen molar-refractivity contribution in [3.63, 3.8) is 0 Å². The Morgan fingerprint density at radius 2 is 1.94 bits per heavy atom. The molecule has 2 aromatic heterocycles. The van der Waals surface area contributed by atoms with Crippen molar-refractivity contribution in [2.24, 2.45) is 5.92 Å². The molecule has 0 bridgehead atoms. The van der Waals surface area contributed by atoms with E-state index in [1.54, 1.807) is 6.20 Å². The third-order valence-electron chi connectivity index (χ3n) is 5.97. The standard InChI is InChI=1S/C26H25ClFN5O2/c1-17-12-20(9-8-19-6-4-3-5-7-19)13-29-25(17)31-26(35)24-22(27)14-30-33(24)15-21-10-11-32(18(2)34)16-23(21)28/h3-7,12-14,21,23H,10-11,15-16H2,1-2H3,(H,29,31,35)/t21-,23-/m0/s1. The topological polar surface area (TPSA) is 80.1 Å². The van der Waals surface area contributed by atoms with Crippen molar-refractivity contribution in [1.29, 1.82) is 0 Å². The van der Waals surface area contributed by atoms with Crippen LogP contribution in [-0.4, -0.2) is 50.7 Å². The maximum atomic E-state index is 14.7. The molecular formula is C26H25ClFN5O2. The van der Waals surface area contributed by atoms with Gasteiger partial charge in [0.05, 0.1) is 17.8 Å². The van der Waals surface area contributed by atoms with Crippen LogP contribution in [0.1, 0.15) is 40.5 Å². The Hall–Kier alpha value is -3.70. The summed E-state index contributed by atoms with van der Waals surface area (Å²) in [7, 11) is 0. The summed E-state index contributed by atoms with van der Waals surface area (Å²) in [4.78, 5) is 30.4. The lowest BCUT2D eigenvalue weighted by atomic mass is 9.95. The highest BCUT2D eigenvalue weighted by molar-refractivity contribution is 6.34. The Morgan fingerprint density at radius 3 is 2.63 bits per heavy atom. The molecule has 2 atom stereocenters. The van der Waals surface area contributed by atoms with Gasteiger partial charge in [-0.2, -0.15) is 5.10 Å². The van der Waals surface area contributed by atoms with Gasteiger partial charge in [-0.15, -0.1) is 0 Å². The third-order valence-corrected chi connectivity index (χ3v) is 6.25. The number of amides is 2. The number of pyridine rings is 1. The summed E-state index contributed by atoms with van der Waals surface area (Å²) < 4.78 is 16.1. The number of benzene rings is 1. The number of aryl methyl sites for hydroxylation is 1. The highest BCUT2D eigenvalue weighted by Crippen LogP contribution is 2.25. The van der Waals surface area contributed by atoms with Crippen molar-refractivity contribution >= 4 is 29.2 Å². The molecule has 0 aliphatic carbocycles. The number of rotatable bonds is 4. The molecule has 7 nitrogen and oxygen atoms in total. The van der Waals surface area contributed by atoms with E-state index in [-0.39, 0.29) is 35.6 Å². The normalized spacial score (nSPS) is 17.4. The van der Waals surface area contributed by atoms with Crippen LogP contribution in [0.25, 0.3) is 0 Å². The van der Waals surface area contributed by atoms with Crippen LogP contribution >= 0.6 is 11.6 Å². The first-order valence-electron chi connectivity index (χ1n) is 11.3. The number of carbonyl (C=O) groups excluding carboxylic acids is 2. The van der Waals surface area contributed by atoms with E-state index in [0.29, 0.717) is 18.8 Å². The first-order chi connectivity index (χ1) is 16.8. The summed E-state index contributed by atoms with van der Waals surface area (Å²) in [6.45, 7) is 3.95. The monoisotopic (exact) mass is 493 g/mol. The number of likely N-dealkylation sites (tertiary alicyclic amines) is 1. The summed E-state index contributed by atoms with van der Waals surface area (Å²) in [6.07, 6.45) is 2.23. The Morgan fingerprint density at radius 1 is 1.20 bits per heavy atom. The second-order valence-electron chi connectivity index (χ2n) is 8.51. The molecule has 1 aromatic carbocycles. The number of hydrogen-bond acceptors (Lipinski definition) is 4. The molecule has 1 aliphatic heterocycles. The molecule has 1 fully saturated rings. The fourth-order valence-electron chi connectivity index (χ4n) is 4.00. The predicted molar refractivity (Wildman–Crippen MR) is 132 cm³/mol. The molecular weight excluding hydrogens is 469 g/mol. The molecule has 3 heterocycles. The smallest absolute Gasteiger partial charge is 0.276 e. The van der Waals surface area contributed by atoms with Gasteiger partial charge < -0.3 is 10.2 Å². The molecule has 1 N–H and O–H groups in total. The summed E-state index contributed by atoms with van der Waals surface area (Å²) in [5.74, 6) is 5.51. The number of nitrogens with zero attached hydrogens (tertiary/aromatic N) is 4. The minimum Gasteiger partial charge on any atom is -0.340 e. The second-order valence-corrected chi connectivity index (χ2v) is 8.92. The fraction of sp³-hybridized carbons (Fsp3) is 0.308. The number of nitrogens with one attached hydrogen (secondary N) is 1. The highest BCUT2D eigenvalue weighted by atomic mass is 35.5. The number of carbonyl (C=O) groups is 2. The average Bonchev–Trinajstić information content (AvgIpc) is 3.21. The summed E-state index contributed by atoms with van der Waals surface area (Å²) >= 11 is 6.26. The van der Waals surface area contributed by atoms with Gasteiger partial charge in [-0.25, -0.2) is 9.37 Å². The van der Waals surface area contributed by atoms with Gasteiger partial charge in [0.25, 0.3) is 5.91 Å². The van der Waals surface area contributed by atoms with Crippen LogP contribution in [0.5, 0.6) is 0 Å². The second kappa shape index (κ2) is 10.7. The average molecular weight is 494 g/mol. The van der Waals surface area contributed by atoms with Crippen LogP contribution in [0.3, 0.4) is 0 Å². The van der Waals surface area contributed by atoms with E-state index in [0.717, 1.165) is 16.7 Å². The van der Waals surface area contributed by atoms with Crippen LogP contribution < -0.4 is 5.32 Å². The molecule has 0 unspecified atom stereocenters. The molecule has 180 valence electrons. The molecule has 9 heteroatoms. The van der Waals surface area contributed by atoms with Gasteiger partial charge in [0.2, 0.25) is 5.91 Å². The molecule has 4 rings (SSSR count). The lowest BCUT2D eigenvalue weighted by Gasteiger charge is -2.34. The number of hydrogen-bond donors (Lipinski definition) is 1. The SMILES string of the molecule is CC(=O)N1CC[C@@H](Cn2ncc(Cl)c2C(=O)Nc2ncc(C#Cc3ccccc3)cc2C)[C@@H](F)C1. The zero-order valence-electron chi connectivity index (χ0n) is 19.5. The molecule has 0 radical (unpaired) electrons. The van der Waals surface area contributed by atoms with Gasteiger partial charge in [0.15, 0.2) is 0 Å². The summed E-state index contributed by atoms with van der Waals surface area (Å²) in [5.41, 5.74) is 2.49. The first-order valence-corrected chi connectivity index (χ1v) is 11.7. The number of alkyl halides is 1. The van der Waals surface area contributed by atoms with E-state index < -0.39 is 12.1 Å². The largest absolute Gasteiger partial charge is 0.340 e. The van der Waals surface area contributed by atoms with Crippen molar-refractivity contribution in [1.82, 2.24) is 19.7 Å². The minimum atomic E-state index is -1.21. The molecule has 1 saturated heterocycles. The van der Waals surface area contributed by atoms with E-state index in [1.807, 2.05) is 43.3 Å².